The first-order chi connectivity index (χ1) is 10.0. The van der Waals surface area contributed by atoms with Crippen LogP contribution in [-0.4, -0.2) is 31.6 Å². The van der Waals surface area contributed by atoms with Gasteiger partial charge < -0.3 is 10.2 Å². The van der Waals surface area contributed by atoms with E-state index in [1.165, 1.54) is 19.5 Å². The molecule has 2 rings (SSSR count). The summed E-state index contributed by atoms with van der Waals surface area (Å²) in [6.07, 6.45) is 2.32. The largest absolute Gasteiger partial charge is 0.313 e. The quantitative estimate of drug-likeness (QED) is 0.889. The maximum atomic E-state index is 13.7. The van der Waals surface area contributed by atoms with E-state index in [1.807, 2.05) is 26.1 Å². The second-order valence-electron chi connectivity index (χ2n) is 6.68. The van der Waals surface area contributed by atoms with Crippen molar-refractivity contribution < 1.29 is 4.39 Å². The monoisotopic (exact) mass is 292 g/mol. The van der Waals surface area contributed by atoms with Crippen LogP contribution in [0.15, 0.2) is 18.2 Å². The molecule has 1 saturated heterocycles. The summed E-state index contributed by atoms with van der Waals surface area (Å²) in [5.74, 6) is 1.52. The fourth-order valence-electron chi connectivity index (χ4n) is 3.17. The zero-order chi connectivity index (χ0) is 15.4. The van der Waals surface area contributed by atoms with Gasteiger partial charge in [-0.25, -0.2) is 4.39 Å². The minimum absolute atomic E-state index is 0.104. The Hall–Kier alpha value is -0.930. The standard InChI is InChI=1S/C18H29FN2/c1-13-7-9-21(12-15(13)3)10-8-18(20-4)16-6-5-14(2)17(19)11-16/h5-6,11,13,15,18,20H,7-10,12H2,1-4H3. The van der Waals surface area contributed by atoms with Gasteiger partial charge in [-0.15, -0.1) is 0 Å². The van der Waals surface area contributed by atoms with Crippen LogP contribution in [-0.2, 0) is 0 Å². The van der Waals surface area contributed by atoms with Gasteiger partial charge in [-0.1, -0.05) is 26.0 Å². The van der Waals surface area contributed by atoms with E-state index in [1.54, 1.807) is 6.07 Å². The Morgan fingerprint density at radius 1 is 1.33 bits per heavy atom. The first-order valence-electron chi connectivity index (χ1n) is 8.17. The van der Waals surface area contributed by atoms with Crippen LogP contribution in [0.5, 0.6) is 0 Å². The molecule has 1 heterocycles. The molecular formula is C18H29FN2. The molecule has 1 aromatic carbocycles. The van der Waals surface area contributed by atoms with Crippen molar-refractivity contribution in [2.75, 3.05) is 26.7 Å². The molecule has 3 atom stereocenters. The van der Waals surface area contributed by atoms with E-state index in [4.69, 9.17) is 0 Å². The molecule has 1 aliphatic heterocycles. The van der Waals surface area contributed by atoms with Crippen molar-refractivity contribution in [2.24, 2.45) is 11.8 Å². The number of benzene rings is 1. The number of nitrogens with one attached hydrogen (secondary N) is 1. The van der Waals surface area contributed by atoms with Gasteiger partial charge in [-0.05, 0) is 68.9 Å². The van der Waals surface area contributed by atoms with Crippen molar-refractivity contribution >= 4 is 0 Å². The number of nitrogens with zero attached hydrogens (tertiary/aromatic N) is 1. The summed E-state index contributed by atoms with van der Waals surface area (Å²) in [6.45, 7) is 9.99. The van der Waals surface area contributed by atoms with Crippen LogP contribution >= 0.6 is 0 Å². The lowest BCUT2D eigenvalue weighted by Crippen LogP contribution is -2.39. The Morgan fingerprint density at radius 3 is 2.71 bits per heavy atom. The predicted octanol–water partition coefficient (Wildman–Crippen LogP) is 3.76. The molecule has 1 N–H and O–H groups in total. The highest BCUT2D eigenvalue weighted by atomic mass is 19.1. The third-order valence-electron chi connectivity index (χ3n) is 5.10. The fraction of sp³-hybridized carbons (Fsp3) is 0.667. The molecule has 0 aliphatic carbocycles. The van der Waals surface area contributed by atoms with Crippen LogP contribution in [0.2, 0.25) is 0 Å². The zero-order valence-corrected chi connectivity index (χ0v) is 13.8. The van der Waals surface area contributed by atoms with Crippen LogP contribution in [0.25, 0.3) is 0 Å². The van der Waals surface area contributed by atoms with Crippen LogP contribution in [0.3, 0.4) is 0 Å². The number of halogens is 1. The Labute approximate surface area is 128 Å². The summed E-state index contributed by atoms with van der Waals surface area (Å²) in [6, 6.07) is 5.83. The molecule has 0 radical (unpaired) electrons. The predicted molar refractivity (Wildman–Crippen MR) is 86.9 cm³/mol. The maximum absolute atomic E-state index is 13.7. The van der Waals surface area contributed by atoms with E-state index in [2.05, 4.69) is 24.1 Å². The molecule has 3 heteroatoms. The van der Waals surface area contributed by atoms with Crippen molar-refractivity contribution in [1.29, 1.82) is 0 Å². The van der Waals surface area contributed by atoms with Gasteiger partial charge in [0.2, 0.25) is 0 Å². The van der Waals surface area contributed by atoms with Crippen LogP contribution in [0.1, 0.15) is 43.9 Å². The van der Waals surface area contributed by atoms with Gasteiger partial charge in [-0.3, -0.25) is 0 Å². The molecule has 21 heavy (non-hydrogen) atoms. The van der Waals surface area contributed by atoms with E-state index in [0.717, 1.165) is 30.4 Å². The normalized spacial score (nSPS) is 25.0. The summed E-state index contributed by atoms with van der Waals surface area (Å²) < 4.78 is 13.7. The molecule has 0 amide bonds. The van der Waals surface area contributed by atoms with E-state index in [-0.39, 0.29) is 11.9 Å². The second-order valence-corrected chi connectivity index (χ2v) is 6.68. The molecule has 1 aliphatic rings. The van der Waals surface area contributed by atoms with Gasteiger partial charge in [0, 0.05) is 12.6 Å². The third kappa shape index (κ3) is 4.27. The highest BCUT2D eigenvalue weighted by Gasteiger charge is 2.23. The van der Waals surface area contributed by atoms with E-state index in [0.29, 0.717) is 5.56 Å². The van der Waals surface area contributed by atoms with Crippen molar-refractivity contribution in [3.05, 3.63) is 35.1 Å². The first kappa shape index (κ1) is 16.4. The Morgan fingerprint density at radius 2 is 2.10 bits per heavy atom. The summed E-state index contributed by atoms with van der Waals surface area (Å²) in [5, 5.41) is 3.33. The van der Waals surface area contributed by atoms with Gasteiger partial charge in [0.1, 0.15) is 5.82 Å². The number of aryl methyl sites for hydroxylation is 1. The highest BCUT2D eigenvalue weighted by Crippen LogP contribution is 2.24. The molecule has 2 nitrogen and oxygen atoms in total. The Bertz CT molecular complexity index is 461. The third-order valence-corrected chi connectivity index (χ3v) is 5.10. The molecule has 3 unspecified atom stereocenters. The summed E-state index contributed by atoms with van der Waals surface area (Å²) in [4.78, 5) is 2.56. The summed E-state index contributed by atoms with van der Waals surface area (Å²) in [5.41, 5.74) is 1.77. The molecular weight excluding hydrogens is 263 g/mol. The number of hydrogen-bond acceptors (Lipinski definition) is 2. The average Bonchev–Trinajstić information content (AvgIpc) is 2.47. The van der Waals surface area contributed by atoms with Gasteiger partial charge >= 0.3 is 0 Å². The van der Waals surface area contributed by atoms with Crippen LogP contribution in [0, 0.1) is 24.6 Å². The van der Waals surface area contributed by atoms with Crippen molar-refractivity contribution in [2.45, 2.75) is 39.7 Å². The molecule has 118 valence electrons. The molecule has 1 aromatic rings. The topological polar surface area (TPSA) is 15.3 Å². The lowest BCUT2D eigenvalue weighted by Gasteiger charge is -2.36. The highest BCUT2D eigenvalue weighted by molar-refractivity contribution is 5.25. The Balaban J connectivity index is 1.92. The van der Waals surface area contributed by atoms with Crippen molar-refractivity contribution in [1.82, 2.24) is 10.2 Å². The zero-order valence-electron chi connectivity index (χ0n) is 13.8. The molecule has 1 fully saturated rings. The lowest BCUT2D eigenvalue weighted by molar-refractivity contribution is 0.133. The van der Waals surface area contributed by atoms with E-state index >= 15 is 0 Å². The average molecular weight is 292 g/mol. The summed E-state index contributed by atoms with van der Waals surface area (Å²) >= 11 is 0. The number of piperidine rings is 1. The molecule has 0 spiro atoms. The Kier molecular flexibility index (Phi) is 5.77. The number of hydrogen-bond donors (Lipinski definition) is 1. The second kappa shape index (κ2) is 7.37. The van der Waals surface area contributed by atoms with Crippen LogP contribution < -0.4 is 5.32 Å². The van der Waals surface area contributed by atoms with Crippen LogP contribution in [0.4, 0.5) is 4.39 Å². The van der Waals surface area contributed by atoms with E-state index in [9.17, 15) is 4.39 Å². The minimum Gasteiger partial charge on any atom is -0.313 e. The smallest absolute Gasteiger partial charge is 0.126 e. The van der Waals surface area contributed by atoms with Gasteiger partial charge in [0.25, 0.3) is 0 Å². The minimum atomic E-state index is -0.104. The maximum Gasteiger partial charge on any atom is 0.126 e. The van der Waals surface area contributed by atoms with Crippen molar-refractivity contribution in [3.8, 4) is 0 Å². The van der Waals surface area contributed by atoms with Gasteiger partial charge in [0.05, 0.1) is 0 Å². The van der Waals surface area contributed by atoms with Gasteiger partial charge in [0.15, 0.2) is 0 Å². The number of likely N-dealkylation sites (tertiary alicyclic amines) is 1. The van der Waals surface area contributed by atoms with E-state index < -0.39 is 0 Å². The number of rotatable bonds is 5. The molecule has 0 saturated carbocycles. The van der Waals surface area contributed by atoms with Gasteiger partial charge in [-0.2, -0.15) is 0 Å². The lowest BCUT2D eigenvalue weighted by atomic mass is 9.88. The summed E-state index contributed by atoms with van der Waals surface area (Å²) in [7, 11) is 1.96. The SMILES string of the molecule is CNC(CCN1CCC(C)C(C)C1)c1ccc(C)c(F)c1. The molecule has 0 aromatic heterocycles. The first-order valence-corrected chi connectivity index (χ1v) is 8.17. The fourth-order valence-corrected chi connectivity index (χ4v) is 3.17. The molecule has 0 bridgehead atoms. The van der Waals surface area contributed by atoms with Crippen molar-refractivity contribution in [3.63, 3.8) is 0 Å².